The Morgan fingerprint density at radius 2 is 1.72 bits per heavy atom. The minimum absolute atomic E-state index is 0.208. The number of fused-ring (bicyclic) bond motifs is 1. The number of halogens is 2. The van der Waals surface area contributed by atoms with Crippen LogP contribution >= 0.6 is 0 Å². The molecule has 2 rings (SSSR count). The lowest BCUT2D eigenvalue weighted by molar-refractivity contribution is 0.369. The number of alkyl halides is 1. The molecule has 1 N–H and O–H groups in total. The monoisotopic (exact) mass is 395 g/mol. The zero-order valence-corrected chi connectivity index (χ0v) is 17.9. The fourth-order valence-electron chi connectivity index (χ4n) is 3.80. The molecule has 2 aromatic rings. The summed E-state index contributed by atoms with van der Waals surface area (Å²) in [5.74, 6) is -0.493. The Kier molecular flexibility index (Phi) is 8.10. The van der Waals surface area contributed by atoms with Crippen LogP contribution in [0.3, 0.4) is 0 Å². The Bertz CT molecular complexity index is 960. The first-order valence-electron chi connectivity index (χ1n) is 10.1. The highest BCUT2D eigenvalue weighted by atomic mass is 19.1. The Labute approximate surface area is 173 Å². The lowest BCUT2D eigenvalue weighted by Gasteiger charge is -2.23. The van der Waals surface area contributed by atoms with E-state index in [0.717, 1.165) is 51.5 Å². The third-order valence-electron chi connectivity index (χ3n) is 5.18. The molecule has 154 valence electrons. The first kappa shape index (κ1) is 22.8. The summed E-state index contributed by atoms with van der Waals surface area (Å²) in [5, 5.41) is 4.64. The molecule has 0 aromatic heterocycles. The lowest BCUT2D eigenvalue weighted by atomic mass is 9.84. The van der Waals surface area contributed by atoms with Crippen molar-refractivity contribution >= 4 is 27.7 Å². The maximum atomic E-state index is 14.5. The second kappa shape index (κ2) is 10.3. The van der Waals surface area contributed by atoms with Gasteiger partial charge in [0.15, 0.2) is 0 Å². The second-order valence-electron chi connectivity index (χ2n) is 7.35. The highest BCUT2D eigenvalue weighted by Crippen LogP contribution is 2.40. The average Bonchev–Trinajstić information content (AvgIpc) is 2.69. The first-order valence-corrected chi connectivity index (χ1v) is 10.1. The van der Waals surface area contributed by atoms with Crippen molar-refractivity contribution in [1.29, 1.82) is 0 Å². The van der Waals surface area contributed by atoms with Crippen molar-refractivity contribution in [2.75, 3.05) is 6.80 Å². The van der Waals surface area contributed by atoms with Gasteiger partial charge >= 0.3 is 0 Å². The molecule has 2 aromatic carbocycles. The van der Waals surface area contributed by atoms with Crippen molar-refractivity contribution < 1.29 is 8.78 Å². The summed E-state index contributed by atoms with van der Waals surface area (Å²) in [6, 6.07) is 7.48. The zero-order valence-electron chi connectivity index (χ0n) is 17.9. The van der Waals surface area contributed by atoms with Gasteiger partial charge in [-0.25, -0.2) is 8.78 Å². The largest absolute Gasteiger partial charge is 0.283 e. The van der Waals surface area contributed by atoms with Gasteiger partial charge in [-0.2, -0.15) is 0 Å². The highest BCUT2D eigenvalue weighted by molar-refractivity contribution is 6.06. The number of allylic oxidation sites excluding steroid dienone is 5. The number of nitrogens with one attached hydrogen (secondary N) is 1. The molecule has 0 bridgehead atoms. The van der Waals surface area contributed by atoms with Crippen LogP contribution in [0.25, 0.3) is 27.7 Å². The Hall–Kier alpha value is -2.52. The third kappa shape index (κ3) is 4.91. The van der Waals surface area contributed by atoms with Crippen molar-refractivity contribution in [2.24, 2.45) is 0 Å². The van der Waals surface area contributed by atoms with E-state index in [9.17, 15) is 8.78 Å². The smallest absolute Gasteiger partial charge is 0.140 e. The van der Waals surface area contributed by atoms with E-state index in [-0.39, 0.29) is 6.04 Å². The van der Waals surface area contributed by atoms with Gasteiger partial charge in [0.25, 0.3) is 0 Å². The molecule has 0 saturated carbocycles. The highest BCUT2D eigenvalue weighted by Gasteiger charge is 2.21. The van der Waals surface area contributed by atoms with Gasteiger partial charge in [-0.1, -0.05) is 74.6 Å². The normalized spacial score (nSPS) is 13.2. The number of hydrogen-bond donors (Lipinski definition) is 1. The van der Waals surface area contributed by atoms with Crippen LogP contribution in [0.1, 0.15) is 68.8 Å². The van der Waals surface area contributed by atoms with Crippen LogP contribution in [0.2, 0.25) is 0 Å². The van der Waals surface area contributed by atoms with E-state index >= 15 is 0 Å². The quantitative estimate of drug-likeness (QED) is 0.334. The summed E-state index contributed by atoms with van der Waals surface area (Å²) >= 11 is 0. The minimum Gasteiger partial charge on any atom is -0.283 e. The minimum atomic E-state index is -0.639. The molecule has 0 aliphatic carbocycles. The second-order valence-corrected chi connectivity index (χ2v) is 7.35. The maximum absolute atomic E-state index is 14.5. The van der Waals surface area contributed by atoms with Crippen molar-refractivity contribution in [3.63, 3.8) is 0 Å². The Balaban J connectivity index is 3.03. The first-order chi connectivity index (χ1) is 13.9. The number of hydrogen-bond acceptors (Lipinski definition) is 1. The van der Waals surface area contributed by atoms with E-state index < -0.39 is 12.6 Å². The summed E-state index contributed by atoms with van der Waals surface area (Å²) in [7, 11) is 0. The molecular formula is C26H31F2N. The lowest BCUT2D eigenvalue weighted by Crippen LogP contribution is -2.20. The molecule has 0 aliphatic heterocycles. The third-order valence-corrected chi connectivity index (χ3v) is 5.18. The van der Waals surface area contributed by atoms with Gasteiger partial charge in [-0.15, -0.1) is 0 Å². The fourth-order valence-corrected chi connectivity index (χ4v) is 3.80. The molecule has 0 radical (unpaired) electrons. The van der Waals surface area contributed by atoms with Crippen LogP contribution in [-0.2, 0) is 0 Å². The van der Waals surface area contributed by atoms with Gasteiger partial charge in [0.1, 0.15) is 12.6 Å². The van der Waals surface area contributed by atoms with E-state index in [2.05, 4.69) is 25.4 Å². The molecule has 0 aliphatic rings. The SMILES string of the molecule is C=C(C)c1ccc(C(=C)F)c2c(C(CCC)NCF)ccc(/C(C)=C/C=C\C)c12. The van der Waals surface area contributed by atoms with E-state index in [1.54, 1.807) is 6.07 Å². The average molecular weight is 396 g/mol. The van der Waals surface area contributed by atoms with Crippen LogP contribution in [0.5, 0.6) is 0 Å². The topological polar surface area (TPSA) is 12.0 Å². The van der Waals surface area contributed by atoms with Gasteiger partial charge in [0.2, 0.25) is 0 Å². The van der Waals surface area contributed by atoms with Gasteiger partial charge in [-0.3, -0.25) is 5.32 Å². The molecule has 0 saturated heterocycles. The van der Waals surface area contributed by atoms with Gasteiger partial charge < -0.3 is 0 Å². The van der Waals surface area contributed by atoms with Crippen LogP contribution < -0.4 is 5.32 Å². The number of benzene rings is 2. The summed E-state index contributed by atoms with van der Waals surface area (Å²) in [5.41, 5.74) is 5.27. The van der Waals surface area contributed by atoms with Crippen molar-refractivity contribution in [3.8, 4) is 0 Å². The van der Waals surface area contributed by atoms with Crippen molar-refractivity contribution in [3.05, 3.63) is 77.9 Å². The standard InChI is InChI=1S/C26H31F2N/c1-7-9-11-18(5)21-13-15-23(24(10-8-2)29-16-27)26-22(19(6)28)14-12-20(17(3)4)25(21)26/h7,9,11-15,24,29H,3,6,8,10,16H2,1-2,4-5H3/b9-7-,18-11+. The maximum Gasteiger partial charge on any atom is 0.140 e. The molecule has 0 amide bonds. The fraction of sp³-hybridized carbons (Fsp3) is 0.308. The molecule has 0 fully saturated rings. The molecule has 29 heavy (non-hydrogen) atoms. The van der Waals surface area contributed by atoms with Crippen molar-refractivity contribution in [2.45, 2.75) is 46.6 Å². The van der Waals surface area contributed by atoms with E-state index in [1.807, 2.05) is 57.2 Å². The predicted octanol–water partition coefficient (Wildman–Crippen LogP) is 8.15. The van der Waals surface area contributed by atoms with Crippen LogP contribution in [0.15, 0.2) is 55.7 Å². The molecule has 0 spiro atoms. The molecule has 0 heterocycles. The van der Waals surface area contributed by atoms with E-state index in [4.69, 9.17) is 0 Å². The summed E-state index contributed by atoms with van der Waals surface area (Å²) in [6.07, 6.45) is 7.63. The predicted molar refractivity (Wildman–Crippen MR) is 124 cm³/mol. The number of rotatable bonds is 9. The Morgan fingerprint density at radius 1 is 1.07 bits per heavy atom. The Morgan fingerprint density at radius 3 is 2.28 bits per heavy atom. The van der Waals surface area contributed by atoms with Gasteiger partial charge in [-0.05, 0) is 60.2 Å². The summed E-state index contributed by atoms with van der Waals surface area (Å²) in [4.78, 5) is 0. The molecule has 1 nitrogen and oxygen atoms in total. The summed E-state index contributed by atoms with van der Waals surface area (Å²) < 4.78 is 27.7. The van der Waals surface area contributed by atoms with Crippen LogP contribution in [-0.4, -0.2) is 6.80 Å². The molecular weight excluding hydrogens is 364 g/mol. The summed E-state index contributed by atoms with van der Waals surface area (Å²) in [6.45, 7) is 15.1. The van der Waals surface area contributed by atoms with Crippen molar-refractivity contribution in [1.82, 2.24) is 5.32 Å². The van der Waals surface area contributed by atoms with E-state index in [1.165, 1.54) is 0 Å². The van der Waals surface area contributed by atoms with Gasteiger partial charge in [0, 0.05) is 11.6 Å². The van der Waals surface area contributed by atoms with Crippen LogP contribution in [0, 0.1) is 0 Å². The zero-order chi connectivity index (χ0) is 21.6. The molecule has 1 unspecified atom stereocenters. The van der Waals surface area contributed by atoms with E-state index in [0.29, 0.717) is 5.56 Å². The molecule has 3 heteroatoms. The molecule has 1 atom stereocenters. The van der Waals surface area contributed by atoms with Crippen LogP contribution in [0.4, 0.5) is 8.78 Å². The van der Waals surface area contributed by atoms with Gasteiger partial charge in [0.05, 0.1) is 0 Å².